The largest absolute Gasteiger partial charge is 0.351 e. The van der Waals surface area contributed by atoms with Gasteiger partial charge in [-0.3, -0.25) is 4.79 Å². The van der Waals surface area contributed by atoms with Crippen LogP contribution in [0.25, 0.3) is 0 Å². The summed E-state index contributed by atoms with van der Waals surface area (Å²) in [6, 6.07) is 7.91. The molecule has 128 valence electrons. The number of aromatic nitrogens is 2. The molecule has 24 heavy (non-hydrogen) atoms. The molecule has 0 bridgehead atoms. The van der Waals surface area contributed by atoms with Gasteiger partial charge < -0.3 is 10.6 Å². The molecule has 2 rings (SSSR count). The summed E-state index contributed by atoms with van der Waals surface area (Å²) < 4.78 is 0. The van der Waals surface area contributed by atoms with Gasteiger partial charge >= 0.3 is 0 Å². The van der Waals surface area contributed by atoms with Gasteiger partial charge in [-0.15, -0.1) is 0 Å². The molecule has 0 radical (unpaired) electrons. The minimum Gasteiger partial charge on any atom is -0.351 e. The minimum atomic E-state index is -0.153. The molecule has 2 N–H and O–H groups in total. The summed E-state index contributed by atoms with van der Waals surface area (Å²) in [5, 5.41) is 6.18. The quantitative estimate of drug-likeness (QED) is 0.753. The van der Waals surface area contributed by atoms with E-state index in [1.165, 1.54) is 11.1 Å². The molecular formula is C19H26N4O. The number of carbonyl (C=O) groups is 1. The lowest BCUT2D eigenvalue weighted by Crippen LogP contribution is -2.25. The Morgan fingerprint density at radius 3 is 2.38 bits per heavy atom. The van der Waals surface area contributed by atoms with Gasteiger partial charge in [-0.2, -0.15) is 0 Å². The molecule has 0 atom stereocenters. The van der Waals surface area contributed by atoms with Crippen LogP contribution in [0, 0.1) is 20.8 Å². The lowest BCUT2D eigenvalue weighted by atomic mass is 10.1. The maximum absolute atomic E-state index is 12.2. The van der Waals surface area contributed by atoms with Crippen LogP contribution in [0.1, 0.15) is 53.6 Å². The summed E-state index contributed by atoms with van der Waals surface area (Å²) in [6.07, 6.45) is 3.23. The van der Waals surface area contributed by atoms with Crippen LogP contribution >= 0.6 is 0 Å². The van der Waals surface area contributed by atoms with Crippen molar-refractivity contribution in [2.24, 2.45) is 0 Å². The lowest BCUT2D eigenvalue weighted by Gasteiger charge is -2.10. The van der Waals surface area contributed by atoms with Crippen molar-refractivity contribution in [2.75, 3.05) is 11.9 Å². The number of unbranched alkanes of at least 4 members (excludes halogenated alkanes) is 2. The molecule has 0 spiro atoms. The molecule has 0 saturated heterocycles. The Bertz CT molecular complexity index is 692. The number of carbonyl (C=O) groups excluding carboxylic acids is 1. The van der Waals surface area contributed by atoms with Gasteiger partial charge in [0.05, 0.1) is 0 Å². The second kappa shape index (κ2) is 8.43. The van der Waals surface area contributed by atoms with Crippen LogP contribution in [0.2, 0.25) is 0 Å². The van der Waals surface area contributed by atoms with E-state index in [0.29, 0.717) is 23.9 Å². The maximum atomic E-state index is 12.2. The third kappa shape index (κ3) is 5.33. The van der Waals surface area contributed by atoms with Gasteiger partial charge in [0.25, 0.3) is 5.91 Å². The Hall–Kier alpha value is -2.43. The molecule has 5 nitrogen and oxygen atoms in total. The van der Waals surface area contributed by atoms with Gasteiger partial charge in [0, 0.05) is 18.3 Å². The second-order valence-electron chi connectivity index (χ2n) is 6.15. The Morgan fingerprint density at radius 2 is 1.71 bits per heavy atom. The van der Waals surface area contributed by atoms with Crippen LogP contribution in [-0.4, -0.2) is 22.4 Å². The van der Waals surface area contributed by atoms with Crippen LogP contribution in [0.4, 0.5) is 11.5 Å². The Morgan fingerprint density at radius 1 is 1.00 bits per heavy atom. The van der Waals surface area contributed by atoms with Crippen molar-refractivity contribution in [3.8, 4) is 0 Å². The van der Waals surface area contributed by atoms with E-state index in [4.69, 9.17) is 0 Å². The molecule has 1 amide bonds. The Balaban J connectivity index is 2.11. The van der Waals surface area contributed by atoms with Crippen LogP contribution < -0.4 is 10.6 Å². The molecule has 0 aliphatic carbocycles. The zero-order valence-corrected chi connectivity index (χ0v) is 14.9. The number of rotatable bonds is 7. The fourth-order valence-corrected chi connectivity index (χ4v) is 2.61. The molecule has 0 fully saturated rings. The standard InChI is InChI=1S/C19H26N4O/c1-5-6-7-8-20-19(24)17-12-18(22-15(4)21-17)23-16-10-13(2)9-14(3)11-16/h9-12H,5-8H2,1-4H3,(H,20,24)(H,21,22,23). The maximum Gasteiger partial charge on any atom is 0.270 e. The first-order valence-electron chi connectivity index (χ1n) is 8.47. The number of benzene rings is 1. The fourth-order valence-electron chi connectivity index (χ4n) is 2.61. The second-order valence-corrected chi connectivity index (χ2v) is 6.15. The van der Waals surface area contributed by atoms with E-state index in [9.17, 15) is 4.79 Å². The van der Waals surface area contributed by atoms with E-state index >= 15 is 0 Å². The third-order valence-electron chi connectivity index (χ3n) is 3.63. The fraction of sp³-hybridized carbons (Fsp3) is 0.421. The molecule has 1 heterocycles. The topological polar surface area (TPSA) is 66.9 Å². The molecule has 0 unspecified atom stereocenters. The molecule has 0 aliphatic heterocycles. The van der Waals surface area contributed by atoms with E-state index in [1.807, 2.05) is 0 Å². The van der Waals surface area contributed by atoms with Crippen molar-refractivity contribution in [3.05, 3.63) is 46.9 Å². The molecule has 1 aromatic heterocycles. The van der Waals surface area contributed by atoms with Gasteiger partial charge in [-0.25, -0.2) is 9.97 Å². The summed E-state index contributed by atoms with van der Waals surface area (Å²) >= 11 is 0. The SMILES string of the molecule is CCCCCNC(=O)c1cc(Nc2cc(C)cc(C)c2)nc(C)n1. The smallest absolute Gasteiger partial charge is 0.270 e. The zero-order valence-electron chi connectivity index (χ0n) is 14.9. The van der Waals surface area contributed by atoms with Gasteiger partial charge in [-0.05, 0) is 50.5 Å². The van der Waals surface area contributed by atoms with Crippen LogP contribution in [0.5, 0.6) is 0 Å². The third-order valence-corrected chi connectivity index (χ3v) is 3.63. The molecule has 2 aromatic rings. The van der Waals surface area contributed by atoms with Crippen LogP contribution in [0.15, 0.2) is 24.3 Å². The summed E-state index contributed by atoms with van der Waals surface area (Å²) in [5.41, 5.74) is 3.71. The van der Waals surface area contributed by atoms with Crippen molar-refractivity contribution >= 4 is 17.4 Å². The van der Waals surface area contributed by atoms with Gasteiger partial charge in [0.1, 0.15) is 17.3 Å². The average molecular weight is 326 g/mol. The van der Waals surface area contributed by atoms with E-state index in [-0.39, 0.29) is 5.91 Å². The normalized spacial score (nSPS) is 10.5. The van der Waals surface area contributed by atoms with E-state index < -0.39 is 0 Å². The monoisotopic (exact) mass is 326 g/mol. The van der Waals surface area contributed by atoms with Gasteiger partial charge in [-0.1, -0.05) is 25.8 Å². The van der Waals surface area contributed by atoms with Crippen molar-refractivity contribution < 1.29 is 4.79 Å². The first-order chi connectivity index (χ1) is 11.5. The summed E-state index contributed by atoms with van der Waals surface area (Å²) in [7, 11) is 0. The molecule has 0 aliphatic rings. The van der Waals surface area contributed by atoms with Crippen LogP contribution in [-0.2, 0) is 0 Å². The van der Waals surface area contributed by atoms with Gasteiger partial charge in [0.15, 0.2) is 0 Å². The van der Waals surface area contributed by atoms with Crippen molar-refractivity contribution in [2.45, 2.75) is 47.0 Å². The molecular weight excluding hydrogens is 300 g/mol. The molecule has 1 aromatic carbocycles. The Kier molecular flexibility index (Phi) is 6.29. The predicted molar refractivity (Wildman–Crippen MR) is 97.8 cm³/mol. The highest BCUT2D eigenvalue weighted by atomic mass is 16.1. The Labute approximate surface area is 143 Å². The first-order valence-corrected chi connectivity index (χ1v) is 8.47. The highest BCUT2D eigenvalue weighted by Crippen LogP contribution is 2.19. The number of anilines is 2. The van der Waals surface area contributed by atoms with Crippen LogP contribution in [0.3, 0.4) is 0 Å². The minimum absolute atomic E-state index is 0.153. The molecule has 0 saturated carbocycles. The van der Waals surface area contributed by atoms with E-state index in [2.05, 4.69) is 59.6 Å². The predicted octanol–water partition coefficient (Wildman–Crippen LogP) is 4.07. The summed E-state index contributed by atoms with van der Waals surface area (Å²) in [6.45, 7) is 8.72. The van der Waals surface area contributed by atoms with Crippen molar-refractivity contribution in [3.63, 3.8) is 0 Å². The number of hydrogen-bond acceptors (Lipinski definition) is 4. The average Bonchev–Trinajstić information content (AvgIpc) is 2.49. The number of aryl methyl sites for hydroxylation is 3. The van der Waals surface area contributed by atoms with Crippen molar-refractivity contribution in [1.82, 2.24) is 15.3 Å². The van der Waals surface area contributed by atoms with Gasteiger partial charge in [0.2, 0.25) is 0 Å². The van der Waals surface area contributed by atoms with E-state index in [1.54, 1.807) is 13.0 Å². The molecule has 5 heteroatoms. The highest BCUT2D eigenvalue weighted by molar-refractivity contribution is 5.93. The zero-order chi connectivity index (χ0) is 17.5. The lowest BCUT2D eigenvalue weighted by molar-refractivity contribution is 0.0947. The summed E-state index contributed by atoms with van der Waals surface area (Å²) in [4.78, 5) is 20.9. The number of amides is 1. The van der Waals surface area contributed by atoms with Crippen molar-refractivity contribution in [1.29, 1.82) is 0 Å². The first kappa shape index (κ1) is 17.9. The van der Waals surface area contributed by atoms with E-state index in [0.717, 1.165) is 24.9 Å². The number of hydrogen-bond donors (Lipinski definition) is 2. The highest BCUT2D eigenvalue weighted by Gasteiger charge is 2.10. The number of nitrogens with one attached hydrogen (secondary N) is 2. The number of nitrogens with zero attached hydrogens (tertiary/aromatic N) is 2. The summed E-state index contributed by atoms with van der Waals surface area (Å²) in [5.74, 6) is 1.05.